The molecule has 1 amide bonds. The Morgan fingerprint density at radius 3 is 2.36 bits per heavy atom. The number of anilines is 1. The van der Waals surface area contributed by atoms with Crippen molar-refractivity contribution in [2.45, 2.75) is 4.90 Å². The minimum absolute atomic E-state index is 0.105. The summed E-state index contributed by atoms with van der Waals surface area (Å²) in [7, 11) is -0.466. The predicted molar refractivity (Wildman–Crippen MR) is 151 cm³/mol. The molecular weight excluding hydrogens is 565 g/mol. The van der Waals surface area contributed by atoms with Crippen LogP contribution in [0.4, 0.5) is 5.69 Å². The number of amides is 1. The molecule has 0 aliphatic heterocycles. The van der Waals surface area contributed by atoms with E-state index in [1.165, 1.54) is 30.5 Å². The number of carbonyl (C=O) groups excluding carboxylic acids is 1. The van der Waals surface area contributed by atoms with Crippen molar-refractivity contribution in [2.75, 3.05) is 38.0 Å². The summed E-state index contributed by atoms with van der Waals surface area (Å²) in [4.78, 5) is 30.1. The molecule has 0 saturated carbocycles. The highest BCUT2D eigenvalue weighted by molar-refractivity contribution is 7.92. The number of pyridine rings is 1. The zero-order valence-electron chi connectivity index (χ0n) is 21.0. The number of aromatic nitrogens is 2. The van der Waals surface area contributed by atoms with Gasteiger partial charge in [-0.15, -0.1) is 0 Å². The second-order valence-corrected chi connectivity index (χ2v) is 11.6. The first-order valence-corrected chi connectivity index (χ1v) is 13.9. The molecule has 0 saturated heterocycles. The quantitative estimate of drug-likeness (QED) is 0.287. The maximum Gasteiger partial charge on any atom is 0.324 e. The third-order valence-corrected chi connectivity index (χ3v) is 7.95. The molecule has 2 aromatic carbocycles. The van der Waals surface area contributed by atoms with Crippen LogP contribution in [0.1, 0.15) is 10.4 Å². The molecule has 0 aliphatic carbocycles. The van der Waals surface area contributed by atoms with Gasteiger partial charge < -0.3 is 19.9 Å². The maximum absolute atomic E-state index is 13.4. The summed E-state index contributed by atoms with van der Waals surface area (Å²) in [5, 5.41) is 13.2. The van der Waals surface area contributed by atoms with E-state index in [9.17, 15) is 23.1 Å². The van der Waals surface area contributed by atoms with Crippen molar-refractivity contribution in [3.63, 3.8) is 0 Å². The molecule has 0 unspecified atom stereocenters. The Bertz CT molecular complexity index is 1620. The van der Waals surface area contributed by atoms with Crippen molar-refractivity contribution in [3.05, 3.63) is 82.6 Å². The maximum atomic E-state index is 13.4. The first-order valence-electron chi connectivity index (χ1n) is 11.7. The number of sulfonamides is 1. The number of likely N-dealkylation sites (N-methyl/N-ethyl adjacent to an activating group) is 1. The highest BCUT2D eigenvalue weighted by atomic mass is 35.5. The summed E-state index contributed by atoms with van der Waals surface area (Å²) in [6.45, 7) is 0.419. The number of halogens is 2. The smallest absolute Gasteiger partial charge is 0.324 e. The zero-order valence-corrected chi connectivity index (χ0v) is 23.3. The molecule has 0 radical (unpaired) electrons. The fourth-order valence-corrected chi connectivity index (χ4v) is 6.02. The molecule has 2 aromatic heterocycles. The summed E-state index contributed by atoms with van der Waals surface area (Å²) in [6.07, 6.45) is 3.23. The molecule has 39 heavy (non-hydrogen) atoms. The van der Waals surface area contributed by atoms with Crippen LogP contribution in [0.3, 0.4) is 0 Å². The monoisotopic (exact) mass is 589 g/mol. The number of carbonyl (C=O) groups is 2. The van der Waals surface area contributed by atoms with Crippen LogP contribution in [0, 0.1) is 0 Å². The molecule has 0 atom stereocenters. The average molecular weight is 590 g/mol. The van der Waals surface area contributed by atoms with E-state index in [4.69, 9.17) is 23.2 Å². The van der Waals surface area contributed by atoms with Crippen molar-refractivity contribution in [3.8, 4) is 5.82 Å². The van der Waals surface area contributed by atoms with Gasteiger partial charge in [-0.05, 0) is 68.7 Å². The number of nitrogens with one attached hydrogen (secondary N) is 1. The van der Waals surface area contributed by atoms with Crippen LogP contribution >= 0.6 is 23.2 Å². The van der Waals surface area contributed by atoms with Crippen molar-refractivity contribution >= 4 is 61.7 Å². The molecule has 0 fully saturated rings. The second kappa shape index (κ2) is 11.6. The number of benzene rings is 2. The number of nitrogens with zero attached hydrogens (tertiary/aromatic N) is 4. The number of aliphatic carboxylic acids is 1. The summed E-state index contributed by atoms with van der Waals surface area (Å²) in [5.74, 6) is -1.01. The van der Waals surface area contributed by atoms with E-state index in [1.807, 2.05) is 19.0 Å². The molecule has 2 N–H and O–H groups in total. The first-order chi connectivity index (χ1) is 18.5. The number of hydrogen-bond acceptors (Lipinski definition) is 6. The van der Waals surface area contributed by atoms with Gasteiger partial charge in [-0.2, -0.15) is 0 Å². The van der Waals surface area contributed by atoms with E-state index in [2.05, 4.69) is 10.3 Å². The van der Waals surface area contributed by atoms with E-state index in [-0.39, 0.29) is 26.5 Å². The van der Waals surface area contributed by atoms with Gasteiger partial charge in [0, 0.05) is 40.9 Å². The summed E-state index contributed by atoms with van der Waals surface area (Å²) in [6, 6.07) is 13.7. The number of carboxylic acids is 1. The van der Waals surface area contributed by atoms with Crippen molar-refractivity contribution in [1.82, 2.24) is 19.8 Å². The largest absolute Gasteiger partial charge is 0.480 e. The van der Waals surface area contributed by atoms with Gasteiger partial charge in [0.25, 0.3) is 15.9 Å². The van der Waals surface area contributed by atoms with Crippen LogP contribution in [0.15, 0.2) is 71.9 Å². The SMILES string of the molecule is CN(C)CCNC(=O)c1ccc(-n2ccc3cc(N(CC(=O)O)S(=O)(=O)c4cc(Cl)cc(Cl)c4)ccc32)nc1. The Balaban J connectivity index is 1.64. The molecular formula is C26H25Cl2N5O5S. The van der Waals surface area contributed by atoms with Gasteiger partial charge in [0.1, 0.15) is 12.4 Å². The molecule has 4 rings (SSSR count). The molecule has 0 bridgehead atoms. The minimum Gasteiger partial charge on any atom is -0.480 e. The van der Waals surface area contributed by atoms with Gasteiger partial charge in [-0.1, -0.05) is 23.2 Å². The molecule has 2 heterocycles. The fourth-order valence-electron chi connectivity index (χ4n) is 3.89. The first kappa shape index (κ1) is 28.4. The van der Waals surface area contributed by atoms with Gasteiger partial charge in [0.05, 0.1) is 21.7 Å². The minimum atomic E-state index is -4.31. The van der Waals surface area contributed by atoms with E-state index < -0.39 is 22.5 Å². The Kier molecular flexibility index (Phi) is 8.45. The lowest BCUT2D eigenvalue weighted by Crippen LogP contribution is -2.35. The van der Waals surface area contributed by atoms with Crippen LogP contribution in [0.5, 0.6) is 0 Å². The fraction of sp³-hybridized carbons (Fsp3) is 0.192. The third kappa shape index (κ3) is 6.51. The lowest BCUT2D eigenvalue weighted by atomic mass is 10.2. The number of hydrogen-bond donors (Lipinski definition) is 2. The van der Waals surface area contributed by atoms with Crippen LogP contribution < -0.4 is 9.62 Å². The standard InChI is InChI=1S/C26H25Cl2N5O5S/c1-31(2)10-8-29-26(36)18-3-6-24(30-15-18)32-9-7-17-11-21(4-5-23(17)32)33(16-25(34)35)39(37,38)22-13-19(27)12-20(28)14-22/h3-7,9,11-15H,8,10,16H2,1-2H3,(H,29,36)(H,34,35). The molecule has 0 spiro atoms. The summed E-state index contributed by atoms with van der Waals surface area (Å²) >= 11 is 12.0. The molecule has 0 aliphatic rings. The third-order valence-electron chi connectivity index (χ3n) is 5.77. The van der Waals surface area contributed by atoms with Gasteiger partial charge >= 0.3 is 5.97 Å². The Morgan fingerprint density at radius 2 is 1.74 bits per heavy atom. The molecule has 13 heteroatoms. The topological polar surface area (TPSA) is 125 Å². The van der Waals surface area contributed by atoms with Crippen molar-refractivity contribution in [2.24, 2.45) is 0 Å². The zero-order chi connectivity index (χ0) is 28.3. The Labute approximate surface area is 235 Å². The highest BCUT2D eigenvalue weighted by Crippen LogP contribution is 2.31. The number of fused-ring (bicyclic) bond motifs is 1. The molecule has 4 aromatic rings. The van der Waals surface area contributed by atoms with E-state index in [0.717, 1.165) is 4.31 Å². The Morgan fingerprint density at radius 1 is 1.03 bits per heavy atom. The average Bonchev–Trinajstić information content (AvgIpc) is 3.29. The van der Waals surface area contributed by atoms with Crippen LogP contribution in [-0.2, 0) is 14.8 Å². The molecule has 10 nitrogen and oxygen atoms in total. The van der Waals surface area contributed by atoms with Crippen LogP contribution in [-0.4, -0.2) is 73.6 Å². The van der Waals surface area contributed by atoms with E-state index >= 15 is 0 Å². The second-order valence-electron chi connectivity index (χ2n) is 8.90. The summed E-state index contributed by atoms with van der Waals surface area (Å²) < 4.78 is 29.4. The van der Waals surface area contributed by atoms with E-state index in [1.54, 1.807) is 41.1 Å². The number of rotatable bonds is 10. The lowest BCUT2D eigenvalue weighted by molar-refractivity contribution is -0.135. The van der Waals surface area contributed by atoms with E-state index in [0.29, 0.717) is 35.4 Å². The normalized spacial score (nSPS) is 11.6. The van der Waals surface area contributed by atoms with Gasteiger partial charge in [0.2, 0.25) is 0 Å². The van der Waals surface area contributed by atoms with Crippen molar-refractivity contribution < 1.29 is 23.1 Å². The van der Waals surface area contributed by atoms with Gasteiger partial charge in [-0.25, -0.2) is 13.4 Å². The molecule has 204 valence electrons. The van der Waals surface area contributed by atoms with Gasteiger partial charge in [0.15, 0.2) is 0 Å². The lowest BCUT2D eigenvalue weighted by Gasteiger charge is -2.23. The van der Waals surface area contributed by atoms with Crippen LogP contribution in [0.25, 0.3) is 16.7 Å². The number of carboxylic acid groups (broad SMARTS) is 1. The predicted octanol–water partition coefficient (Wildman–Crippen LogP) is 3.90. The summed E-state index contributed by atoms with van der Waals surface area (Å²) in [5.41, 5.74) is 1.27. The van der Waals surface area contributed by atoms with Gasteiger partial charge in [-0.3, -0.25) is 13.9 Å². The highest BCUT2D eigenvalue weighted by Gasteiger charge is 2.28. The van der Waals surface area contributed by atoms with Crippen molar-refractivity contribution in [1.29, 1.82) is 0 Å². The Hall–Kier alpha value is -3.64. The van der Waals surface area contributed by atoms with Crippen LogP contribution in [0.2, 0.25) is 10.0 Å².